The molecule has 1 aromatic heterocycles. The molecule has 110 valence electrons. The predicted octanol–water partition coefficient (Wildman–Crippen LogP) is 2.03. The van der Waals surface area contributed by atoms with Crippen molar-refractivity contribution >= 4 is 0 Å². The zero-order chi connectivity index (χ0) is 13.4. The minimum absolute atomic E-state index is 0.112. The van der Waals surface area contributed by atoms with Crippen LogP contribution in [0, 0.1) is 0 Å². The molecule has 0 bridgehead atoms. The van der Waals surface area contributed by atoms with Crippen molar-refractivity contribution in [3.05, 3.63) is 24.0 Å². The highest BCUT2D eigenvalue weighted by molar-refractivity contribution is 5.09. The van der Waals surface area contributed by atoms with Crippen LogP contribution < -0.4 is 0 Å². The van der Waals surface area contributed by atoms with Gasteiger partial charge in [-0.15, -0.1) is 0 Å². The first-order valence-corrected chi connectivity index (χ1v) is 7.94. The maximum Gasteiger partial charge on any atom is 0.0741 e. The van der Waals surface area contributed by atoms with E-state index in [9.17, 15) is 0 Å². The van der Waals surface area contributed by atoms with Gasteiger partial charge < -0.3 is 14.0 Å². The fourth-order valence-electron chi connectivity index (χ4n) is 4.05. The Balaban J connectivity index is 1.46. The average Bonchev–Trinajstić information content (AvgIpc) is 2.95. The number of nitrogens with zero attached hydrogens (tertiary/aromatic N) is 2. The van der Waals surface area contributed by atoms with Crippen molar-refractivity contribution in [3.63, 3.8) is 0 Å². The van der Waals surface area contributed by atoms with E-state index in [-0.39, 0.29) is 5.60 Å². The third kappa shape index (κ3) is 2.30. The molecule has 0 unspecified atom stereocenters. The molecule has 3 aliphatic heterocycles. The molecular formula is C16H24N2O2. The van der Waals surface area contributed by atoms with E-state index in [1.807, 2.05) is 0 Å². The first-order valence-electron chi connectivity index (χ1n) is 7.94. The molecule has 0 N–H and O–H groups in total. The van der Waals surface area contributed by atoms with Gasteiger partial charge in [-0.3, -0.25) is 4.90 Å². The normalized spacial score (nSPS) is 30.3. The molecule has 0 saturated carbocycles. The topological polar surface area (TPSA) is 26.6 Å². The van der Waals surface area contributed by atoms with E-state index in [1.54, 1.807) is 0 Å². The second kappa shape index (κ2) is 5.17. The summed E-state index contributed by atoms with van der Waals surface area (Å²) in [6, 6.07) is 5.11. The summed E-state index contributed by atoms with van der Waals surface area (Å²) < 4.78 is 14.1. The van der Waals surface area contributed by atoms with Crippen LogP contribution >= 0.6 is 0 Å². The fourth-order valence-corrected chi connectivity index (χ4v) is 4.05. The number of aromatic nitrogens is 1. The lowest BCUT2D eigenvalue weighted by atomic mass is 9.83. The van der Waals surface area contributed by atoms with Crippen LogP contribution in [0.25, 0.3) is 0 Å². The third-order valence-electron chi connectivity index (χ3n) is 5.30. The van der Waals surface area contributed by atoms with Crippen LogP contribution in [0.3, 0.4) is 0 Å². The Bertz CT molecular complexity index is 459. The standard InChI is InChI=1S/C16H24N2O2/c1-2-15-13-18(8-7-17(15)6-1)14-3-9-20-16(12-14)4-10-19-11-5-16/h1-2,6,14H,3-5,7-13H2/t14-/m1/s1. The van der Waals surface area contributed by atoms with Crippen molar-refractivity contribution in [3.8, 4) is 0 Å². The third-order valence-corrected chi connectivity index (χ3v) is 5.30. The monoisotopic (exact) mass is 276 g/mol. The molecule has 1 atom stereocenters. The van der Waals surface area contributed by atoms with Crippen LogP contribution in [-0.4, -0.2) is 47.5 Å². The highest BCUT2D eigenvalue weighted by atomic mass is 16.5. The molecule has 4 heteroatoms. The molecule has 1 aromatic rings. The van der Waals surface area contributed by atoms with Crippen LogP contribution in [0.4, 0.5) is 0 Å². The van der Waals surface area contributed by atoms with Gasteiger partial charge in [-0.2, -0.15) is 0 Å². The highest BCUT2D eigenvalue weighted by Crippen LogP contribution is 2.36. The lowest BCUT2D eigenvalue weighted by molar-refractivity contribution is -0.153. The summed E-state index contributed by atoms with van der Waals surface area (Å²) in [5.41, 5.74) is 1.57. The predicted molar refractivity (Wildman–Crippen MR) is 76.6 cm³/mol. The average molecular weight is 276 g/mol. The van der Waals surface area contributed by atoms with Gasteiger partial charge in [0.05, 0.1) is 5.60 Å². The lowest BCUT2D eigenvalue weighted by Gasteiger charge is -2.47. The molecule has 2 saturated heterocycles. The van der Waals surface area contributed by atoms with Crippen molar-refractivity contribution < 1.29 is 9.47 Å². The van der Waals surface area contributed by atoms with Gasteiger partial charge >= 0.3 is 0 Å². The molecule has 0 aliphatic carbocycles. The van der Waals surface area contributed by atoms with E-state index in [1.165, 1.54) is 25.1 Å². The Morgan fingerprint density at radius 2 is 2.05 bits per heavy atom. The molecule has 20 heavy (non-hydrogen) atoms. The lowest BCUT2D eigenvalue weighted by Crippen LogP contribution is -2.52. The molecule has 4 rings (SSSR count). The van der Waals surface area contributed by atoms with Crippen molar-refractivity contribution in [1.82, 2.24) is 9.47 Å². The van der Waals surface area contributed by atoms with E-state index in [0.29, 0.717) is 6.04 Å². The first-order chi connectivity index (χ1) is 9.85. The summed E-state index contributed by atoms with van der Waals surface area (Å²) in [7, 11) is 0. The maximum absolute atomic E-state index is 6.17. The van der Waals surface area contributed by atoms with E-state index in [0.717, 1.165) is 45.8 Å². The minimum Gasteiger partial charge on any atom is -0.381 e. The Morgan fingerprint density at radius 3 is 2.95 bits per heavy atom. The fraction of sp³-hybridized carbons (Fsp3) is 0.750. The van der Waals surface area contributed by atoms with Crippen molar-refractivity contribution in [2.24, 2.45) is 0 Å². The first kappa shape index (κ1) is 12.9. The molecular weight excluding hydrogens is 252 g/mol. The van der Waals surface area contributed by atoms with Crippen LogP contribution in [0.15, 0.2) is 18.3 Å². The van der Waals surface area contributed by atoms with Crippen LogP contribution in [0.2, 0.25) is 0 Å². The minimum atomic E-state index is 0.112. The summed E-state index contributed by atoms with van der Waals surface area (Å²) in [6.45, 7) is 6.08. The number of hydrogen-bond acceptors (Lipinski definition) is 3. The molecule has 0 amide bonds. The van der Waals surface area contributed by atoms with Crippen molar-refractivity contribution in [2.75, 3.05) is 26.4 Å². The Kier molecular flexibility index (Phi) is 3.33. The molecule has 2 fully saturated rings. The highest BCUT2D eigenvalue weighted by Gasteiger charge is 2.41. The number of rotatable bonds is 1. The van der Waals surface area contributed by atoms with Crippen molar-refractivity contribution in [2.45, 2.75) is 50.4 Å². The summed E-state index contributed by atoms with van der Waals surface area (Å²) >= 11 is 0. The number of hydrogen-bond donors (Lipinski definition) is 0. The molecule has 4 heterocycles. The van der Waals surface area contributed by atoms with Crippen LogP contribution in [-0.2, 0) is 22.6 Å². The van der Waals surface area contributed by atoms with Gasteiger partial charge in [0.25, 0.3) is 0 Å². The SMILES string of the molecule is c1cc2n(c1)CCN([C@@H]1CCOC3(CCOCC3)C1)C2. The zero-order valence-corrected chi connectivity index (χ0v) is 12.1. The molecule has 4 nitrogen and oxygen atoms in total. The van der Waals surface area contributed by atoms with Gasteiger partial charge in [-0.25, -0.2) is 0 Å². The van der Waals surface area contributed by atoms with Crippen LogP contribution in [0.5, 0.6) is 0 Å². The number of ether oxygens (including phenoxy) is 2. The van der Waals surface area contributed by atoms with Crippen LogP contribution in [0.1, 0.15) is 31.4 Å². The largest absolute Gasteiger partial charge is 0.381 e. The van der Waals surface area contributed by atoms with Gasteiger partial charge in [0, 0.05) is 57.4 Å². The van der Waals surface area contributed by atoms with Crippen molar-refractivity contribution in [1.29, 1.82) is 0 Å². The summed E-state index contributed by atoms with van der Waals surface area (Å²) in [5, 5.41) is 0. The quantitative estimate of drug-likeness (QED) is 0.785. The van der Waals surface area contributed by atoms with E-state index >= 15 is 0 Å². The van der Waals surface area contributed by atoms with Gasteiger partial charge in [0.1, 0.15) is 0 Å². The maximum atomic E-state index is 6.17. The van der Waals surface area contributed by atoms with E-state index < -0.39 is 0 Å². The Hall–Kier alpha value is -0.840. The molecule has 0 aromatic carbocycles. The summed E-state index contributed by atoms with van der Waals surface area (Å²) in [4.78, 5) is 2.68. The second-order valence-corrected chi connectivity index (χ2v) is 6.45. The Morgan fingerprint density at radius 1 is 1.15 bits per heavy atom. The van der Waals surface area contributed by atoms with Gasteiger partial charge in [0.2, 0.25) is 0 Å². The molecule has 0 radical (unpaired) electrons. The molecule has 1 spiro atoms. The van der Waals surface area contributed by atoms with Gasteiger partial charge in [-0.1, -0.05) is 0 Å². The second-order valence-electron chi connectivity index (χ2n) is 6.45. The summed E-state index contributed by atoms with van der Waals surface area (Å²) in [5.74, 6) is 0. The van der Waals surface area contributed by atoms with Gasteiger partial charge in [-0.05, 0) is 37.8 Å². The number of fused-ring (bicyclic) bond motifs is 1. The molecule has 3 aliphatic rings. The van der Waals surface area contributed by atoms with E-state index in [4.69, 9.17) is 9.47 Å². The van der Waals surface area contributed by atoms with E-state index in [2.05, 4.69) is 27.8 Å². The summed E-state index contributed by atoms with van der Waals surface area (Å²) in [6.07, 6.45) is 6.73. The smallest absolute Gasteiger partial charge is 0.0741 e. The zero-order valence-electron chi connectivity index (χ0n) is 12.1. The Labute approximate surface area is 120 Å². The van der Waals surface area contributed by atoms with Gasteiger partial charge in [0.15, 0.2) is 0 Å².